The monoisotopic (exact) mass is 247 g/mol. The van der Waals surface area contributed by atoms with E-state index in [1.165, 1.54) is 0 Å². The number of hydrogen-bond acceptors (Lipinski definition) is 4. The van der Waals surface area contributed by atoms with E-state index in [-0.39, 0.29) is 12.0 Å². The van der Waals surface area contributed by atoms with E-state index in [9.17, 15) is 4.79 Å². The van der Waals surface area contributed by atoms with Gasteiger partial charge in [0.25, 0.3) is 5.91 Å². The van der Waals surface area contributed by atoms with Crippen molar-refractivity contribution in [3.05, 3.63) is 24.0 Å². The summed E-state index contributed by atoms with van der Waals surface area (Å²) in [5.74, 6) is 0.637. The van der Waals surface area contributed by atoms with Crippen LogP contribution in [0.4, 0.5) is 0 Å². The molecule has 0 aromatic carbocycles. The number of hydrogen-bond donors (Lipinski definition) is 2. The normalized spacial score (nSPS) is 22.8. The lowest BCUT2D eigenvalue weighted by Gasteiger charge is -2.12. The van der Waals surface area contributed by atoms with Crippen molar-refractivity contribution in [1.82, 2.24) is 15.6 Å². The Kier molecular flexibility index (Phi) is 3.15. The highest BCUT2D eigenvalue weighted by Crippen LogP contribution is 2.19. The van der Waals surface area contributed by atoms with Crippen LogP contribution in [-0.4, -0.2) is 36.1 Å². The molecule has 0 spiro atoms. The van der Waals surface area contributed by atoms with Crippen molar-refractivity contribution in [3.8, 4) is 5.75 Å². The van der Waals surface area contributed by atoms with Gasteiger partial charge in [0.2, 0.25) is 0 Å². The predicted molar refractivity (Wildman–Crippen MR) is 66.6 cm³/mol. The zero-order valence-corrected chi connectivity index (χ0v) is 10.2. The summed E-state index contributed by atoms with van der Waals surface area (Å²) in [6.45, 7) is 1.88. The van der Waals surface area contributed by atoms with Crippen LogP contribution in [0.25, 0.3) is 0 Å². The van der Waals surface area contributed by atoms with Gasteiger partial charge in [0.05, 0.1) is 6.20 Å². The van der Waals surface area contributed by atoms with E-state index in [0.29, 0.717) is 11.7 Å². The smallest absolute Gasteiger partial charge is 0.270 e. The maximum atomic E-state index is 11.7. The summed E-state index contributed by atoms with van der Waals surface area (Å²) in [5, 5.41) is 6.15. The van der Waals surface area contributed by atoms with Gasteiger partial charge in [0.1, 0.15) is 17.5 Å². The molecule has 0 unspecified atom stereocenters. The van der Waals surface area contributed by atoms with Gasteiger partial charge in [-0.15, -0.1) is 0 Å². The van der Waals surface area contributed by atoms with Crippen molar-refractivity contribution in [1.29, 1.82) is 0 Å². The molecule has 0 bridgehead atoms. The Labute approximate surface area is 106 Å². The minimum absolute atomic E-state index is 0.0911. The Bertz CT molecular complexity index is 422. The lowest BCUT2D eigenvalue weighted by molar-refractivity contribution is 0.0946. The third-order valence-electron chi connectivity index (χ3n) is 3.20. The molecule has 1 amide bonds. The Morgan fingerprint density at radius 2 is 2.28 bits per heavy atom. The lowest BCUT2D eigenvalue weighted by atomic mass is 10.3. The molecular weight excluding hydrogens is 230 g/mol. The number of carbonyl (C=O) groups is 1. The lowest BCUT2D eigenvalue weighted by Crippen LogP contribution is -2.26. The first-order valence-electron chi connectivity index (χ1n) is 6.45. The van der Waals surface area contributed by atoms with Gasteiger partial charge in [-0.1, -0.05) is 0 Å². The number of nitrogens with one attached hydrogen (secondary N) is 2. The van der Waals surface area contributed by atoms with Crippen LogP contribution in [0.1, 0.15) is 29.8 Å². The third kappa shape index (κ3) is 2.79. The summed E-state index contributed by atoms with van der Waals surface area (Å²) in [5.41, 5.74) is 0.457. The third-order valence-corrected chi connectivity index (χ3v) is 3.20. The van der Waals surface area contributed by atoms with Gasteiger partial charge in [0.15, 0.2) is 0 Å². The van der Waals surface area contributed by atoms with Crippen LogP contribution in [0, 0.1) is 0 Å². The number of aromatic nitrogens is 1. The highest BCUT2D eigenvalue weighted by molar-refractivity contribution is 5.92. The summed E-state index contributed by atoms with van der Waals surface area (Å²) >= 11 is 0. The van der Waals surface area contributed by atoms with Crippen molar-refractivity contribution in [2.45, 2.75) is 31.4 Å². The molecule has 2 aliphatic rings. The molecule has 5 nitrogen and oxygen atoms in total. The summed E-state index contributed by atoms with van der Waals surface area (Å²) < 4.78 is 5.75. The van der Waals surface area contributed by atoms with Gasteiger partial charge in [-0.2, -0.15) is 0 Å². The Morgan fingerprint density at radius 3 is 2.89 bits per heavy atom. The fourth-order valence-electron chi connectivity index (χ4n) is 1.99. The molecule has 1 saturated carbocycles. The number of carbonyl (C=O) groups excluding carboxylic acids is 1. The van der Waals surface area contributed by atoms with Gasteiger partial charge >= 0.3 is 0 Å². The minimum Gasteiger partial charge on any atom is -0.487 e. The fraction of sp³-hybridized carbons (Fsp3) is 0.538. The van der Waals surface area contributed by atoms with E-state index >= 15 is 0 Å². The first-order chi connectivity index (χ1) is 8.81. The van der Waals surface area contributed by atoms with E-state index in [4.69, 9.17) is 4.74 Å². The SMILES string of the molecule is O=C(NC1CC1)c1ccc(O[C@@H]2CCNC2)cn1. The number of pyridine rings is 1. The van der Waals surface area contributed by atoms with Crippen LogP contribution in [0.15, 0.2) is 18.3 Å². The molecule has 5 heteroatoms. The second kappa shape index (κ2) is 4.94. The van der Waals surface area contributed by atoms with Crippen LogP contribution in [0.5, 0.6) is 5.75 Å². The number of rotatable bonds is 4. The molecule has 96 valence electrons. The van der Waals surface area contributed by atoms with Crippen molar-refractivity contribution in [2.75, 3.05) is 13.1 Å². The molecule has 1 atom stereocenters. The quantitative estimate of drug-likeness (QED) is 0.822. The van der Waals surface area contributed by atoms with E-state index in [1.54, 1.807) is 12.3 Å². The molecule has 2 fully saturated rings. The molecule has 1 aromatic heterocycles. The zero-order valence-electron chi connectivity index (χ0n) is 10.2. The fourth-order valence-corrected chi connectivity index (χ4v) is 1.99. The van der Waals surface area contributed by atoms with Gasteiger partial charge in [-0.05, 0) is 37.9 Å². The number of nitrogens with zero attached hydrogens (tertiary/aromatic N) is 1. The van der Waals surface area contributed by atoms with Crippen molar-refractivity contribution < 1.29 is 9.53 Å². The molecule has 3 rings (SSSR count). The molecule has 2 heterocycles. The topological polar surface area (TPSA) is 63.2 Å². The second-order valence-electron chi connectivity index (χ2n) is 4.86. The Hall–Kier alpha value is -1.62. The second-order valence-corrected chi connectivity index (χ2v) is 4.86. The van der Waals surface area contributed by atoms with Gasteiger partial charge in [-0.25, -0.2) is 4.98 Å². The molecule has 1 aliphatic heterocycles. The molecule has 0 radical (unpaired) electrons. The summed E-state index contributed by atoms with van der Waals surface area (Å²) in [7, 11) is 0. The standard InChI is InChI=1S/C13H17N3O2/c17-13(16-9-1-2-9)12-4-3-10(8-15-12)18-11-5-6-14-7-11/h3-4,8-9,11,14H,1-2,5-7H2,(H,16,17)/t11-/m1/s1. The number of amides is 1. The van der Waals surface area contributed by atoms with E-state index in [0.717, 1.165) is 38.1 Å². The molecule has 1 aliphatic carbocycles. The molecule has 2 N–H and O–H groups in total. The first kappa shape index (κ1) is 11.5. The largest absolute Gasteiger partial charge is 0.487 e. The van der Waals surface area contributed by atoms with Crippen molar-refractivity contribution in [3.63, 3.8) is 0 Å². The van der Waals surface area contributed by atoms with E-state index in [2.05, 4.69) is 15.6 Å². The van der Waals surface area contributed by atoms with Crippen LogP contribution >= 0.6 is 0 Å². The highest BCUT2D eigenvalue weighted by Gasteiger charge is 2.24. The van der Waals surface area contributed by atoms with Gasteiger partial charge in [0, 0.05) is 12.6 Å². The van der Waals surface area contributed by atoms with Crippen molar-refractivity contribution in [2.24, 2.45) is 0 Å². The minimum atomic E-state index is -0.0911. The predicted octanol–water partition coefficient (Wildman–Crippen LogP) is 0.714. The first-order valence-corrected chi connectivity index (χ1v) is 6.45. The Balaban J connectivity index is 1.58. The maximum Gasteiger partial charge on any atom is 0.270 e. The molecule has 1 aromatic rings. The van der Waals surface area contributed by atoms with Gasteiger partial charge < -0.3 is 15.4 Å². The van der Waals surface area contributed by atoms with Crippen LogP contribution in [0.3, 0.4) is 0 Å². The average Bonchev–Trinajstić information content (AvgIpc) is 3.04. The zero-order chi connectivity index (χ0) is 12.4. The molecule has 1 saturated heterocycles. The van der Waals surface area contributed by atoms with E-state index < -0.39 is 0 Å². The highest BCUT2D eigenvalue weighted by atomic mass is 16.5. The maximum absolute atomic E-state index is 11.7. The summed E-state index contributed by atoms with van der Waals surface area (Å²) in [6, 6.07) is 3.89. The Morgan fingerprint density at radius 1 is 1.39 bits per heavy atom. The number of ether oxygens (including phenoxy) is 1. The van der Waals surface area contributed by atoms with Crippen LogP contribution < -0.4 is 15.4 Å². The van der Waals surface area contributed by atoms with Gasteiger partial charge in [-0.3, -0.25) is 4.79 Å². The molecular formula is C13H17N3O2. The van der Waals surface area contributed by atoms with E-state index in [1.807, 2.05) is 6.07 Å². The average molecular weight is 247 g/mol. The summed E-state index contributed by atoms with van der Waals surface area (Å²) in [6.07, 6.45) is 5.03. The summed E-state index contributed by atoms with van der Waals surface area (Å²) in [4.78, 5) is 15.9. The van der Waals surface area contributed by atoms with Crippen LogP contribution in [-0.2, 0) is 0 Å². The van der Waals surface area contributed by atoms with Crippen molar-refractivity contribution >= 4 is 5.91 Å². The van der Waals surface area contributed by atoms with Crippen LogP contribution in [0.2, 0.25) is 0 Å². The molecule has 18 heavy (non-hydrogen) atoms.